The third-order valence-corrected chi connectivity index (χ3v) is 5.17. The molecule has 3 heterocycles. The molecule has 0 spiro atoms. The maximum absolute atomic E-state index is 14.5. The van der Waals surface area contributed by atoms with Gasteiger partial charge in [-0.05, 0) is 33.8 Å². The van der Waals surface area contributed by atoms with Crippen LogP contribution in [-0.2, 0) is 4.74 Å². The molecule has 1 atom stereocenters. The van der Waals surface area contributed by atoms with Gasteiger partial charge in [-0.2, -0.15) is 0 Å². The van der Waals surface area contributed by atoms with E-state index in [0.29, 0.717) is 30.8 Å². The van der Waals surface area contributed by atoms with Crippen molar-refractivity contribution in [1.82, 2.24) is 19.9 Å². The number of piperazine rings is 1. The number of carbonyl (C=O) groups excluding carboxylic acids is 1. The molecule has 1 saturated heterocycles. The second-order valence-electron chi connectivity index (χ2n) is 8.57. The lowest BCUT2D eigenvalue weighted by molar-refractivity contribution is 0.0218. The third kappa shape index (κ3) is 3.81. The Morgan fingerprint density at radius 1 is 1.20 bits per heavy atom. The van der Waals surface area contributed by atoms with Crippen LogP contribution in [0.15, 0.2) is 36.8 Å². The summed E-state index contributed by atoms with van der Waals surface area (Å²) in [5, 5.41) is 0.778. The first-order valence-corrected chi connectivity index (χ1v) is 10.1. The van der Waals surface area contributed by atoms with Crippen LogP contribution in [0.4, 0.5) is 15.0 Å². The summed E-state index contributed by atoms with van der Waals surface area (Å²) in [6.07, 6.45) is 2.96. The van der Waals surface area contributed by atoms with Crippen molar-refractivity contribution in [2.24, 2.45) is 0 Å². The van der Waals surface area contributed by atoms with Crippen LogP contribution in [0.3, 0.4) is 0 Å². The average molecular weight is 411 g/mol. The summed E-state index contributed by atoms with van der Waals surface area (Å²) < 4.78 is 20.0. The van der Waals surface area contributed by atoms with E-state index in [4.69, 9.17) is 4.74 Å². The molecule has 0 saturated carbocycles. The first kappa shape index (κ1) is 20.1. The summed E-state index contributed by atoms with van der Waals surface area (Å²) >= 11 is 0. The van der Waals surface area contributed by atoms with Crippen LogP contribution in [0.5, 0.6) is 0 Å². The van der Waals surface area contributed by atoms with Crippen LogP contribution in [0.1, 0.15) is 27.7 Å². The topological polar surface area (TPSA) is 74.3 Å². The first-order valence-electron chi connectivity index (χ1n) is 10.1. The Hall–Kier alpha value is -3.16. The number of hydrogen-bond acceptors (Lipinski definition) is 5. The second-order valence-corrected chi connectivity index (χ2v) is 8.57. The number of ether oxygens (including phenoxy) is 1. The average Bonchev–Trinajstić information content (AvgIpc) is 3.11. The van der Waals surface area contributed by atoms with E-state index in [1.807, 2.05) is 33.8 Å². The lowest BCUT2D eigenvalue weighted by atomic mass is 10.0. The van der Waals surface area contributed by atoms with E-state index in [2.05, 4.69) is 19.9 Å². The molecule has 1 N–H and O–H groups in total. The zero-order valence-corrected chi connectivity index (χ0v) is 17.6. The standard InChI is InChI=1S/C22H26FN5O2/c1-14-12-27(21(29)30-22(2,3)4)9-10-28(14)20-18-16(11-24-19(18)25-13-26-20)15-7-5-6-8-17(15)23/h5-8,11,13-14H,9-10,12H2,1-4H3,(H,24,25,26)/t14-/m1/s1. The molecule has 0 unspecified atom stereocenters. The number of hydrogen-bond donors (Lipinski definition) is 1. The normalized spacial score (nSPS) is 17.4. The predicted octanol–water partition coefficient (Wildman–Crippen LogP) is 4.21. The Labute approximate surface area is 174 Å². The minimum Gasteiger partial charge on any atom is -0.444 e. The fraction of sp³-hybridized carbons (Fsp3) is 0.409. The molecule has 0 radical (unpaired) electrons. The van der Waals surface area contributed by atoms with Gasteiger partial charge in [-0.25, -0.2) is 19.2 Å². The number of rotatable bonds is 2. The zero-order valence-electron chi connectivity index (χ0n) is 17.6. The molecular formula is C22H26FN5O2. The van der Waals surface area contributed by atoms with E-state index in [1.165, 1.54) is 12.4 Å². The molecule has 7 nitrogen and oxygen atoms in total. The highest BCUT2D eigenvalue weighted by atomic mass is 19.1. The third-order valence-electron chi connectivity index (χ3n) is 5.17. The predicted molar refractivity (Wildman–Crippen MR) is 114 cm³/mol. The van der Waals surface area contributed by atoms with Crippen molar-refractivity contribution in [3.8, 4) is 11.1 Å². The van der Waals surface area contributed by atoms with Gasteiger partial charge in [0.2, 0.25) is 0 Å². The number of aromatic nitrogens is 3. The zero-order chi connectivity index (χ0) is 21.5. The summed E-state index contributed by atoms with van der Waals surface area (Å²) in [5.74, 6) is 0.437. The Kier molecular flexibility index (Phi) is 5.09. The van der Waals surface area contributed by atoms with Gasteiger partial charge < -0.3 is 19.5 Å². The second kappa shape index (κ2) is 7.59. The largest absolute Gasteiger partial charge is 0.444 e. The van der Waals surface area contributed by atoms with Crippen LogP contribution >= 0.6 is 0 Å². The molecule has 158 valence electrons. The number of halogens is 1. The molecule has 0 aliphatic carbocycles. The van der Waals surface area contributed by atoms with Crippen molar-refractivity contribution in [3.63, 3.8) is 0 Å². The molecule has 4 rings (SSSR count). The van der Waals surface area contributed by atoms with Crippen molar-refractivity contribution in [2.45, 2.75) is 39.3 Å². The van der Waals surface area contributed by atoms with Gasteiger partial charge in [-0.1, -0.05) is 18.2 Å². The van der Waals surface area contributed by atoms with E-state index in [9.17, 15) is 9.18 Å². The minimum atomic E-state index is -0.532. The lowest BCUT2D eigenvalue weighted by Gasteiger charge is -2.41. The monoisotopic (exact) mass is 411 g/mol. The quantitative estimate of drug-likeness (QED) is 0.684. The van der Waals surface area contributed by atoms with Crippen molar-refractivity contribution in [3.05, 3.63) is 42.6 Å². The van der Waals surface area contributed by atoms with Crippen molar-refractivity contribution in [2.75, 3.05) is 24.5 Å². The van der Waals surface area contributed by atoms with Crippen LogP contribution < -0.4 is 4.90 Å². The molecule has 1 aliphatic rings. The van der Waals surface area contributed by atoms with Crippen LogP contribution in [0.2, 0.25) is 0 Å². The van der Waals surface area contributed by atoms with E-state index in [0.717, 1.165) is 16.8 Å². The SMILES string of the molecule is C[C@@H]1CN(C(=O)OC(C)(C)C)CCN1c1ncnc2[nH]cc(-c3ccccc3F)c12. The number of nitrogens with zero attached hydrogens (tertiary/aromatic N) is 4. The van der Waals surface area contributed by atoms with Crippen LogP contribution in [0.25, 0.3) is 22.2 Å². The summed E-state index contributed by atoms with van der Waals surface area (Å²) in [6, 6.07) is 6.68. The molecule has 8 heteroatoms. The first-order chi connectivity index (χ1) is 14.2. The summed E-state index contributed by atoms with van der Waals surface area (Å²) in [4.78, 5) is 28.3. The highest BCUT2D eigenvalue weighted by molar-refractivity contribution is 6.01. The van der Waals surface area contributed by atoms with Gasteiger partial charge >= 0.3 is 6.09 Å². The van der Waals surface area contributed by atoms with Gasteiger partial charge in [0.15, 0.2) is 0 Å². The van der Waals surface area contributed by atoms with Gasteiger partial charge in [0.1, 0.15) is 29.2 Å². The number of H-pyrrole nitrogens is 1. The van der Waals surface area contributed by atoms with E-state index < -0.39 is 5.60 Å². The fourth-order valence-corrected chi connectivity index (χ4v) is 3.82. The Morgan fingerprint density at radius 2 is 1.97 bits per heavy atom. The van der Waals surface area contributed by atoms with Gasteiger partial charge in [-0.3, -0.25) is 0 Å². The Morgan fingerprint density at radius 3 is 2.67 bits per heavy atom. The Bertz CT molecular complexity index is 1070. The number of fused-ring (bicyclic) bond motifs is 1. The number of amides is 1. The number of benzene rings is 1. The van der Waals surface area contributed by atoms with Gasteiger partial charge in [0.25, 0.3) is 0 Å². The lowest BCUT2D eigenvalue weighted by Crippen LogP contribution is -2.54. The van der Waals surface area contributed by atoms with E-state index in [1.54, 1.807) is 23.2 Å². The fourth-order valence-electron chi connectivity index (χ4n) is 3.82. The highest BCUT2D eigenvalue weighted by Crippen LogP contribution is 2.36. The number of carbonyl (C=O) groups is 1. The summed E-state index contributed by atoms with van der Waals surface area (Å²) in [7, 11) is 0. The molecule has 1 amide bonds. The molecule has 2 aromatic heterocycles. The summed E-state index contributed by atoms with van der Waals surface area (Å²) in [6.45, 7) is 9.24. The molecule has 30 heavy (non-hydrogen) atoms. The maximum Gasteiger partial charge on any atom is 0.410 e. The molecule has 0 bridgehead atoms. The summed E-state index contributed by atoms with van der Waals surface area (Å²) in [5.41, 5.74) is 1.34. The van der Waals surface area contributed by atoms with Crippen molar-refractivity contribution >= 4 is 22.9 Å². The van der Waals surface area contributed by atoms with Gasteiger partial charge in [-0.15, -0.1) is 0 Å². The number of nitrogens with one attached hydrogen (secondary N) is 1. The van der Waals surface area contributed by atoms with Crippen LogP contribution in [-0.4, -0.2) is 57.2 Å². The number of aromatic amines is 1. The minimum absolute atomic E-state index is 0.00717. The van der Waals surface area contributed by atoms with Crippen LogP contribution in [0, 0.1) is 5.82 Å². The number of anilines is 1. The highest BCUT2D eigenvalue weighted by Gasteiger charge is 2.32. The van der Waals surface area contributed by atoms with Gasteiger partial charge in [0.05, 0.1) is 5.39 Å². The molecule has 1 aromatic carbocycles. The van der Waals surface area contributed by atoms with Crippen molar-refractivity contribution < 1.29 is 13.9 Å². The smallest absolute Gasteiger partial charge is 0.410 e. The van der Waals surface area contributed by atoms with Gasteiger partial charge in [0, 0.05) is 43.0 Å². The molecule has 1 fully saturated rings. The van der Waals surface area contributed by atoms with E-state index >= 15 is 0 Å². The Balaban J connectivity index is 1.65. The van der Waals surface area contributed by atoms with Crippen molar-refractivity contribution in [1.29, 1.82) is 0 Å². The molecule has 1 aliphatic heterocycles. The molecule has 3 aromatic rings. The maximum atomic E-state index is 14.5. The molecular weight excluding hydrogens is 385 g/mol. The van der Waals surface area contributed by atoms with E-state index in [-0.39, 0.29) is 18.0 Å².